The third-order valence-corrected chi connectivity index (χ3v) is 5.94. The largest absolute Gasteiger partial charge is 0.457 e. The van der Waals surface area contributed by atoms with Crippen LogP contribution in [0.2, 0.25) is 10.0 Å². The van der Waals surface area contributed by atoms with E-state index < -0.39 is 0 Å². The molecule has 2 aliphatic rings. The van der Waals surface area contributed by atoms with Crippen LogP contribution in [-0.2, 0) is 4.79 Å². The highest BCUT2D eigenvalue weighted by Gasteiger charge is 2.27. The smallest absolute Gasteiger partial charge is 0.286 e. The van der Waals surface area contributed by atoms with Gasteiger partial charge in [0.05, 0.1) is 9.93 Å². The highest BCUT2D eigenvalue weighted by Crippen LogP contribution is 2.35. The molecule has 0 radical (unpaired) electrons. The monoisotopic (exact) mass is 406 g/mol. The fourth-order valence-electron chi connectivity index (χ4n) is 3.01. The summed E-state index contributed by atoms with van der Waals surface area (Å²) in [4.78, 5) is 19.2. The lowest BCUT2D eigenvalue weighted by molar-refractivity contribution is -0.113. The second kappa shape index (κ2) is 7.51. The van der Waals surface area contributed by atoms with Crippen molar-refractivity contribution in [2.24, 2.45) is 4.99 Å². The van der Waals surface area contributed by atoms with Crippen LogP contribution in [0.15, 0.2) is 44.6 Å². The summed E-state index contributed by atoms with van der Waals surface area (Å²) in [5.41, 5.74) is 0.722. The third kappa shape index (κ3) is 3.70. The highest BCUT2D eigenvalue weighted by molar-refractivity contribution is 8.18. The molecule has 1 fully saturated rings. The number of likely N-dealkylation sites (tertiary alicyclic amines) is 1. The van der Waals surface area contributed by atoms with E-state index in [1.54, 1.807) is 24.3 Å². The molecule has 1 amide bonds. The minimum atomic E-state index is -0.214. The number of thioether (sulfide) groups is 1. The Morgan fingerprint density at radius 3 is 2.73 bits per heavy atom. The van der Waals surface area contributed by atoms with Gasteiger partial charge in [-0.2, -0.15) is 4.99 Å². The third-order valence-electron chi connectivity index (χ3n) is 4.33. The Kier molecular flexibility index (Phi) is 5.11. The number of carbonyl (C=O) groups excluding carboxylic acids is 1. The number of furan rings is 1. The molecule has 134 valence electrons. The van der Waals surface area contributed by atoms with Crippen LogP contribution < -0.4 is 0 Å². The molecule has 4 nitrogen and oxygen atoms in total. The lowest BCUT2D eigenvalue weighted by atomic mass is 10.1. The maximum Gasteiger partial charge on any atom is 0.286 e. The summed E-state index contributed by atoms with van der Waals surface area (Å²) in [5, 5.41) is 1.94. The lowest BCUT2D eigenvalue weighted by Crippen LogP contribution is -2.33. The minimum Gasteiger partial charge on any atom is -0.457 e. The Labute approximate surface area is 165 Å². The predicted molar refractivity (Wildman–Crippen MR) is 108 cm³/mol. The van der Waals surface area contributed by atoms with Crippen LogP contribution in [0.4, 0.5) is 0 Å². The fraction of sp³-hybridized carbons (Fsp3) is 0.263. The second-order valence-corrected chi connectivity index (χ2v) is 8.04. The van der Waals surface area contributed by atoms with E-state index in [0.29, 0.717) is 26.5 Å². The molecule has 26 heavy (non-hydrogen) atoms. The van der Waals surface area contributed by atoms with Gasteiger partial charge in [-0.15, -0.1) is 0 Å². The lowest BCUT2D eigenvalue weighted by Gasteiger charge is -2.27. The van der Waals surface area contributed by atoms with Crippen molar-refractivity contribution in [2.45, 2.75) is 19.3 Å². The summed E-state index contributed by atoms with van der Waals surface area (Å²) in [6, 6.07) is 8.85. The van der Waals surface area contributed by atoms with Crippen molar-refractivity contribution in [3.8, 4) is 11.3 Å². The van der Waals surface area contributed by atoms with Gasteiger partial charge in [0, 0.05) is 29.8 Å². The standard InChI is InChI=1S/C19H16Cl2N2O2S/c20-12-4-6-15(21)14(10-12)16-7-5-13(25-16)11-17-18(24)22-19(26-17)23-8-2-1-3-9-23/h4-7,10-11H,1-3,8-9H2/b17-11-. The molecule has 1 aromatic heterocycles. The van der Waals surface area contributed by atoms with Gasteiger partial charge in [-0.1, -0.05) is 23.2 Å². The first kappa shape index (κ1) is 17.7. The molecule has 2 aliphatic heterocycles. The van der Waals surface area contributed by atoms with Crippen LogP contribution in [0.25, 0.3) is 17.4 Å². The number of halogens is 2. The quantitative estimate of drug-likeness (QED) is 0.599. The molecule has 0 saturated carbocycles. The Hall–Kier alpha value is -1.69. The van der Waals surface area contributed by atoms with Crippen molar-refractivity contribution in [1.29, 1.82) is 0 Å². The molecule has 0 N–H and O–H groups in total. The summed E-state index contributed by atoms with van der Waals surface area (Å²) >= 11 is 13.7. The Bertz CT molecular complexity index is 914. The van der Waals surface area contributed by atoms with E-state index in [-0.39, 0.29) is 5.91 Å². The molecule has 1 saturated heterocycles. The molecule has 0 aliphatic carbocycles. The number of amidine groups is 1. The first-order valence-electron chi connectivity index (χ1n) is 8.43. The zero-order valence-electron chi connectivity index (χ0n) is 13.9. The summed E-state index contributed by atoms with van der Waals surface area (Å²) in [7, 11) is 0. The number of carbonyl (C=O) groups is 1. The number of hydrogen-bond donors (Lipinski definition) is 0. The minimum absolute atomic E-state index is 0.214. The average molecular weight is 407 g/mol. The molecule has 0 atom stereocenters. The van der Waals surface area contributed by atoms with Crippen molar-refractivity contribution in [2.75, 3.05) is 13.1 Å². The van der Waals surface area contributed by atoms with Gasteiger partial charge in [0.2, 0.25) is 0 Å². The molecule has 7 heteroatoms. The SMILES string of the molecule is O=C1N=C(N2CCCCC2)S/C1=C\c1ccc(-c2cc(Cl)ccc2Cl)o1. The van der Waals surface area contributed by atoms with Gasteiger partial charge in [-0.25, -0.2) is 0 Å². The van der Waals surface area contributed by atoms with E-state index in [4.69, 9.17) is 27.6 Å². The molecule has 3 heterocycles. The highest BCUT2D eigenvalue weighted by atomic mass is 35.5. The van der Waals surface area contributed by atoms with E-state index in [1.807, 2.05) is 12.1 Å². The maximum atomic E-state index is 12.2. The summed E-state index contributed by atoms with van der Waals surface area (Å²) in [6.45, 7) is 1.93. The normalized spacial score (nSPS) is 19.3. The van der Waals surface area contributed by atoms with Crippen LogP contribution in [0, 0.1) is 0 Å². The van der Waals surface area contributed by atoms with E-state index in [0.717, 1.165) is 36.7 Å². The van der Waals surface area contributed by atoms with Gasteiger partial charge >= 0.3 is 0 Å². The molecule has 0 unspecified atom stereocenters. The number of benzene rings is 1. The zero-order chi connectivity index (χ0) is 18.1. The van der Waals surface area contributed by atoms with Gasteiger partial charge in [0.25, 0.3) is 5.91 Å². The Morgan fingerprint density at radius 2 is 1.92 bits per heavy atom. The van der Waals surface area contributed by atoms with Gasteiger partial charge in [0.15, 0.2) is 5.17 Å². The van der Waals surface area contributed by atoms with Crippen molar-refractivity contribution < 1.29 is 9.21 Å². The number of piperidine rings is 1. The molecular formula is C19H16Cl2N2O2S. The molecule has 4 rings (SSSR count). The van der Waals surface area contributed by atoms with Gasteiger partial charge < -0.3 is 9.32 Å². The van der Waals surface area contributed by atoms with Crippen LogP contribution in [-0.4, -0.2) is 29.1 Å². The predicted octanol–water partition coefficient (Wildman–Crippen LogP) is 5.71. The number of amides is 1. The number of rotatable bonds is 2. The van der Waals surface area contributed by atoms with Gasteiger partial charge in [-0.05, 0) is 61.4 Å². The molecule has 1 aromatic carbocycles. The number of hydrogen-bond acceptors (Lipinski definition) is 4. The summed E-state index contributed by atoms with van der Waals surface area (Å²) < 4.78 is 5.85. The molecule has 0 spiro atoms. The zero-order valence-corrected chi connectivity index (χ0v) is 16.2. The average Bonchev–Trinajstić information content (AvgIpc) is 3.25. The van der Waals surface area contributed by atoms with Gasteiger partial charge in [-0.3, -0.25) is 4.79 Å². The molecule has 2 aromatic rings. The molecule has 0 bridgehead atoms. The summed E-state index contributed by atoms with van der Waals surface area (Å²) in [6.07, 6.45) is 5.27. The second-order valence-electron chi connectivity index (χ2n) is 6.18. The maximum absolute atomic E-state index is 12.2. The van der Waals surface area contributed by atoms with Crippen molar-refractivity contribution in [1.82, 2.24) is 4.90 Å². The number of nitrogens with zero attached hydrogens (tertiary/aromatic N) is 2. The topological polar surface area (TPSA) is 45.8 Å². The summed E-state index contributed by atoms with van der Waals surface area (Å²) in [5.74, 6) is 0.980. The van der Waals surface area contributed by atoms with Crippen molar-refractivity contribution in [3.05, 3.63) is 51.0 Å². The van der Waals surface area contributed by atoms with Crippen molar-refractivity contribution in [3.63, 3.8) is 0 Å². The first-order chi connectivity index (χ1) is 12.6. The van der Waals surface area contributed by atoms with E-state index in [9.17, 15) is 4.79 Å². The van der Waals surface area contributed by atoms with Gasteiger partial charge in [0.1, 0.15) is 11.5 Å². The number of aliphatic imine (C=N–C) groups is 1. The van der Waals surface area contributed by atoms with Crippen LogP contribution in [0.5, 0.6) is 0 Å². The van der Waals surface area contributed by atoms with E-state index in [1.165, 1.54) is 18.2 Å². The molecular weight excluding hydrogens is 391 g/mol. The van der Waals surface area contributed by atoms with Crippen LogP contribution in [0.1, 0.15) is 25.0 Å². The van der Waals surface area contributed by atoms with E-state index in [2.05, 4.69) is 9.89 Å². The van der Waals surface area contributed by atoms with Crippen LogP contribution in [0.3, 0.4) is 0 Å². The first-order valence-corrected chi connectivity index (χ1v) is 10.0. The van der Waals surface area contributed by atoms with Crippen molar-refractivity contribution >= 4 is 52.1 Å². The fourth-order valence-corrected chi connectivity index (χ4v) is 4.34. The van der Waals surface area contributed by atoms with E-state index >= 15 is 0 Å². The Morgan fingerprint density at radius 1 is 1.12 bits per heavy atom. The Balaban J connectivity index is 1.54. The van der Waals surface area contributed by atoms with Crippen LogP contribution >= 0.6 is 35.0 Å².